The SMILES string of the molecule is O=C(NCCOC[C@H]1CCCO1)N1CCC[C@@H](C(F)(F)F)C1. The number of likely N-dealkylation sites (tertiary alicyclic amines) is 1. The molecule has 22 heavy (non-hydrogen) atoms. The summed E-state index contributed by atoms with van der Waals surface area (Å²) in [6.07, 6.45) is -1.60. The number of nitrogens with one attached hydrogen (secondary N) is 1. The van der Waals surface area contributed by atoms with Crippen molar-refractivity contribution in [3.63, 3.8) is 0 Å². The standard InChI is InChI=1S/C14H23F3N2O3/c15-14(16,17)11-3-1-6-19(9-11)13(20)18-5-8-21-10-12-4-2-7-22-12/h11-12H,1-10H2,(H,18,20)/t11-,12-/m1/s1. The van der Waals surface area contributed by atoms with Gasteiger partial charge in [-0.3, -0.25) is 0 Å². The molecule has 2 amide bonds. The molecule has 2 fully saturated rings. The molecule has 0 bridgehead atoms. The van der Waals surface area contributed by atoms with E-state index in [1.54, 1.807) is 0 Å². The quantitative estimate of drug-likeness (QED) is 0.789. The summed E-state index contributed by atoms with van der Waals surface area (Å²) < 4.78 is 48.8. The fourth-order valence-corrected chi connectivity index (χ4v) is 2.76. The van der Waals surface area contributed by atoms with Gasteiger partial charge in [0, 0.05) is 26.2 Å². The first-order valence-electron chi connectivity index (χ1n) is 7.75. The molecule has 2 aliphatic heterocycles. The normalized spacial score (nSPS) is 26.2. The minimum atomic E-state index is -4.23. The highest BCUT2D eigenvalue weighted by molar-refractivity contribution is 5.74. The van der Waals surface area contributed by atoms with Crippen LogP contribution in [0.3, 0.4) is 0 Å². The maximum Gasteiger partial charge on any atom is 0.393 e. The summed E-state index contributed by atoms with van der Waals surface area (Å²) in [5.41, 5.74) is 0. The molecule has 8 heteroatoms. The van der Waals surface area contributed by atoms with Gasteiger partial charge in [0.25, 0.3) is 0 Å². The monoisotopic (exact) mass is 324 g/mol. The number of alkyl halides is 3. The Balaban J connectivity index is 1.60. The lowest BCUT2D eigenvalue weighted by Crippen LogP contribution is -2.49. The fraction of sp³-hybridized carbons (Fsp3) is 0.929. The van der Waals surface area contributed by atoms with Crippen molar-refractivity contribution in [2.45, 2.75) is 38.0 Å². The van der Waals surface area contributed by atoms with Crippen LogP contribution in [0.5, 0.6) is 0 Å². The highest BCUT2D eigenvalue weighted by atomic mass is 19.4. The van der Waals surface area contributed by atoms with Gasteiger partial charge in [-0.25, -0.2) is 4.79 Å². The first-order valence-corrected chi connectivity index (χ1v) is 7.75. The molecule has 2 heterocycles. The van der Waals surface area contributed by atoms with E-state index in [0.717, 1.165) is 19.4 Å². The zero-order chi connectivity index (χ0) is 16.0. The third kappa shape index (κ3) is 5.31. The first-order chi connectivity index (χ1) is 10.5. The second-order valence-electron chi connectivity index (χ2n) is 5.77. The number of nitrogens with zero attached hydrogens (tertiary/aromatic N) is 1. The van der Waals surface area contributed by atoms with E-state index in [2.05, 4.69) is 5.32 Å². The maximum atomic E-state index is 12.7. The minimum Gasteiger partial charge on any atom is -0.377 e. The van der Waals surface area contributed by atoms with E-state index in [1.165, 1.54) is 4.90 Å². The van der Waals surface area contributed by atoms with E-state index in [-0.39, 0.29) is 19.1 Å². The van der Waals surface area contributed by atoms with Crippen LogP contribution in [-0.4, -0.2) is 62.7 Å². The van der Waals surface area contributed by atoms with Crippen molar-refractivity contribution in [3.8, 4) is 0 Å². The van der Waals surface area contributed by atoms with Crippen LogP contribution in [0, 0.1) is 5.92 Å². The van der Waals surface area contributed by atoms with Crippen molar-refractivity contribution < 1.29 is 27.4 Å². The Morgan fingerprint density at radius 2 is 2.14 bits per heavy atom. The molecular weight excluding hydrogens is 301 g/mol. The van der Waals surface area contributed by atoms with Crippen molar-refractivity contribution in [2.75, 3.05) is 39.5 Å². The van der Waals surface area contributed by atoms with Crippen molar-refractivity contribution in [1.29, 1.82) is 0 Å². The summed E-state index contributed by atoms with van der Waals surface area (Å²) in [4.78, 5) is 13.1. The molecule has 0 saturated carbocycles. The molecule has 5 nitrogen and oxygen atoms in total. The maximum absolute atomic E-state index is 12.7. The lowest BCUT2D eigenvalue weighted by Gasteiger charge is -2.33. The largest absolute Gasteiger partial charge is 0.393 e. The van der Waals surface area contributed by atoms with Crippen LogP contribution in [0.15, 0.2) is 0 Å². The molecule has 2 atom stereocenters. The van der Waals surface area contributed by atoms with Gasteiger partial charge in [-0.05, 0) is 25.7 Å². The molecule has 0 aromatic carbocycles. The molecule has 2 aliphatic rings. The van der Waals surface area contributed by atoms with Crippen LogP contribution < -0.4 is 5.32 Å². The summed E-state index contributed by atoms with van der Waals surface area (Å²) in [7, 11) is 0. The number of carbonyl (C=O) groups is 1. The number of urea groups is 1. The van der Waals surface area contributed by atoms with Crippen molar-refractivity contribution in [3.05, 3.63) is 0 Å². The zero-order valence-electron chi connectivity index (χ0n) is 12.5. The molecule has 2 rings (SSSR count). The highest BCUT2D eigenvalue weighted by Crippen LogP contribution is 2.32. The number of hydrogen-bond donors (Lipinski definition) is 1. The molecule has 128 valence electrons. The molecular formula is C14H23F3N2O3. The number of hydrogen-bond acceptors (Lipinski definition) is 3. The number of amides is 2. The van der Waals surface area contributed by atoms with E-state index in [1.807, 2.05) is 0 Å². The van der Waals surface area contributed by atoms with Crippen LogP contribution in [0.4, 0.5) is 18.0 Å². The molecule has 2 saturated heterocycles. The first kappa shape index (κ1) is 17.3. The van der Waals surface area contributed by atoms with Gasteiger partial charge in [0.05, 0.1) is 25.2 Å². The average molecular weight is 324 g/mol. The Labute approximate surface area is 128 Å². The lowest BCUT2D eigenvalue weighted by atomic mass is 9.98. The highest BCUT2D eigenvalue weighted by Gasteiger charge is 2.42. The van der Waals surface area contributed by atoms with Crippen LogP contribution in [0.2, 0.25) is 0 Å². The second kappa shape index (κ2) is 8.01. The number of rotatable bonds is 5. The molecule has 0 radical (unpaired) electrons. The summed E-state index contributed by atoms with van der Waals surface area (Å²) in [6, 6.07) is -0.449. The van der Waals surface area contributed by atoms with Crippen molar-refractivity contribution in [1.82, 2.24) is 10.2 Å². The Kier molecular flexibility index (Phi) is 6.31. The summed E-state index contributed by atoms with van der Waals surface area (Å²) in [6.45, 7) is 2.00. The van der Waals surface area contributed by atoms with Gasteiger partial charge in [-0.15, -0.1) is 0 Å². The Hall–Kier alpha value is -1.02. The van der Waals surface area contributed by atoms with Crippen molar-refractivity contribution in [2.24, 2.45) is 5.92 Å². The predicted molar refractivity (Wildman–Crippen MR) is 73.5 cm³/mol. The van der Waals surface area contributed by atoms with Gasteiger partial charge in [0.1, 0.15) is 0 Å². The summed E-state index contributed by atoms with van der Waals surface area (Å²) >= 11 is 0. The smallest absolute Gasteiger partial charge is 0.377 e. The molecule has 0 unspecified atom stereocenters. The molecule has 0 spiro atoms. The van der Waals surface area contributed by atoms with E-state index >= 15 is 0 Å². The Morgan fingerprint density at radius 3 is 2.82 bits per heavy atom. The minimum absolute atomic E-state index is 0.0950. The topological polar surface area (TPSA) is 50.8 Å². The predicted octanol–water partition coefficient (Wildman–Crippen LogP) is 2.17. The van der Waals surface area contributed by atoms with Crippen LogP contribution in [0.25, 0.3) is 0 Å². The zero-order valence-corrected chi connectivity index (χ0v) is 12.5. The lowest BCUT2D eigenvalue weighted by molar-refractivity contribution is -0.184. The van der Waals surface area contributed by atoms with Gasteiger partial charge in [0.15, 0.2) is 0 Å². The van der Waals surface area contributed by atoms with E-state index in [0.29, 0.717) is 32.7 Å². The van der Waals surface area contributed by atoms with Gasteiger partial charge in [0.2, 0.25) is 0 Å². The number of ether oxygens (including phenoxy) is 2. The average Bonchev–Trinajstić information content (AvgIpc) is 2.99. The van der Waals surface area contributed by atoms with Gasteiger partial charge in [-0.2, -0.15) is 13.2 Å². The fourth-order valence-electron chi connectivity index (χ4n) is 2.76. The molecule has 1 N–H and O–H groups in total. The van der Waals surface area contributed by atoms with E-state index in [4.69, 9.17) is 9.47 Å². The third-order valence-corrected chi connectivity index (χ3v) is 4.02. The van der Waals surface area contributed by atoms with Crippen LogP contribution in [0.1, 0.15) is 25.7 Å². The molecule has 0 aromatic rings. The van der Waals surface area contributed by atoms with Gasteiger partial charge >= 0.3 is 12.2 Å². The van der Waals surface area contributed by atoms with E-state index in [9.17, 15) is 18.0 Å². The van der Waals surface area contributed by atoms with Gasteiger partial charge in [-0.1, -0.05) is 0 Å². The van der Waals surface area contributed by atoms with Gasteiger partial charge < -0.3 is 19.7 Å². The summed E-state index contributed by atoms with van der Waals surface area (Å²) in [5, 5.41) is 2.60. The Morgan fingerprint density at radius 1 is 1.32 bits per heavy atom. The number of piperidine rings is 1. The van der Waals surface area contributed by atoms with Crippen LogP contribution in [-0.2, 0) is 9.47 Å². The second-order valence-corrected chi connectivity index (χ2v) is 5.77. The van der Waals surface area contributed by atoms with Crippen molar-refractivity contribution >= 4 is 6.03 Å². The summed E-state index contributed by atoms with van der Waals surface area (Å²) in [5.74, 6) is -1.41. The Bertz CT molecular complexity index is 360. The third-order valence-electron chi connectivity index (χ3n) is 4.02. The molecule has 0 aromatic heterocycles. The number of halogens is 3. The van der Waals surface area contributed by atoms with E-state index < -0.39 is 18.1 Å². The number of carbonyl (C=O) groups excluding carboxylic acids is 1. The molecule has 0 aliphatic carbocycles. The van der Waals surface area contributed by atoms with Crippen LogP contribution >= 0.6 is 0 Å².